The van der Waals surface area contributed by atoms with Crippen LogP contribution in [0.1, 0.15) is 77.6 Å². The Hall–Kier alpha value is -0.400. The van der Waals surface area contributed by atoms with E-state index in [1.165, 1.54) is 44.9 Å². The van der Waals surface area contributed by atoms with Gasteiger partial charge in [0.15, 0.2) is 12.6 Å². The van der Waals surface area contributed by atoms with Gasteiger partial charge in [0.2, 0.25) is 0 Å². The fourth-order valence-electron chi connectivity index (χ4n) is 4.45. The standard InChI is InChI=1S/C24H46O10/c1-2-3-4-5-6-7-8-9-10-11-12-31-23-16(27)13-17(18(14-25)33-23)32-24-22(30)21(29)20(28)19(15-26)34-24/h16-30H,2-15H2,1H3/t16?,17-,18?,19?,20+,21-,22?,23+,24+/m0/s1. The molecule has 0 aromatic heterocycles. The van der Waals surface area contributed by atoms with Gasteiger partial charge < -0.3 is 49.6 Å². The number of aliphatic hydroxyl groups is 6. The number of hydrogen-bond acceptors (Lipinski definition) is 10. The van der Waals surface area contributed by atoms with Gasteiger partial charge in [0.25, 0.3) is 0 Å². The molecule has 4 unspecified atom stereocenters. The van der Waals surface area contributed by atoms with Crippen LogP contribution in [0.4, 0.5) is 0 Å². The average Bonchev–Trinajstić information content (AvgIpc) is 2.83. The van der Waals surface area contributed by atoms with Crippen molar-refractivity contribution >= 4 is 0 Å². The number of rotatable bonds is 16. The third-order valence-electron chi connectivity index (χ3n) is 6.63. The summed E-state index contributed by atoms with van der Waals surface area (Å²) in [5.74, 6) is 0. The van der Waals surface area contributed by atoms with Crippen molar-refractivity contribution in [3.8, 4) is 0 Å². The van der Waals surface area contributed by atoms with Crippen LogP contribution in [0.5, 0.6) is 0 Å². The van der Waals surface area contributed by atoms with Crippen molar-refractivity contribution in [1.29, 1.82) is 0 Å². The van der Waals surface area contributed by atoms with Gasteiger partial charge in [-0.15, -0.1) is 0 Å². The van der Waals surface area contributed by atoms with Crippen LogP contribution in [0.2, 0.25) is 0 Å². The zero-order valence-electron chi connectivity index (χ0n) is 20.4. The quantitative estimate of drug-likeness (QED) is 0.168. The normalized spacial score (nSPS) is 36.6. The molecular formula is C24H46O10. The Labute approximate surface area is 202 Å². The number of ether oxygens (including phenoxy) is 4. The van der Waals surface area contributed by atoms with Gasteiger partial charge in [-0.05, 0) is 6.42 Å². The molecule has 2 aliphatic heterocycles. The van der Waals surface area contributed by atoms with Crippen LogP contribution in [0.25, 0.3) is 0 Å². The zero-order valence-corrected chi connectivity index (χ0v) is 20.4. The molecule has 2 fully saturated rings. The molecule has 10 nitrogen and oxygen atoms in total. The van der Waals surface area contributed by atoms with Crippen molar-refractivity contribution in [3.05, 3.63) is 0 Å². The molecular weight excluding hydrogens is 448 g/mol. The van der Waals surface area contributed by atoms with Crippen LogP contribution in [-0.4, -0.2) is 106 Å². The molecule has 0 amide bonds. The van der Waals surface area contributed by atoms with E-state index in [0.717, 1.165) is 19.3 Å². The summed E-state index contributed by atoms with van der Waals surface area (Å²) in [6.45, 7) is 1.67. The van der Waals surface area contributed by atoms with Gasteiger partial charge in [0.05, 0.1) is 19.3 Å². The highest BCUT2D eigenvalue weighted by Crippen LogP contribution is 2.29. The predicted octanol–water partition coefficient (Wildman–Crippen LogP) is 0.577. The highest BCUT2D eigenvalue weighted by atomic mass is 16.7. The Balaban J connectivity index is 1.68. The number of aliphatic hydroxyl groups excluding tert-OH is 6. The second-order valence-electron chi connectivity index (χ2n) is 9.45. The molecule has 0 bridgehead atoms. The minimum Gasteiger partial charge on any atom is -0.394 e. The van der Waals surface area contributed by atoms with E-state index in [4.69, 9.17) is 18.9 Å². The SMILES string of the molecule is CCCCCCCCCCCCO[C@@H]1OC(CO)[C@@H](O[C@@H]2OC(CO)[C@@H](O)[C@H](O)C2O)CC1O. The monoisotopic (exact) mass is 494 g/mol. The minimum absolute atomic E-state index is 0.0585. The van der Waals surface area contributed by atoms with Crippen LogP contribution < -0.4 is 0 Å². The second kappa shape index (κ2) is 16.4. The van der Waals surface area contributed by atoms with E-state index >= 15 is 0 Å². The summed E-state index contributed by atoms with van der Waals surface area (Å²) in [7, 11) is 0. The molecule has 2 heterocycles. The lowest BCUT2D eigenvalue weighted by Crippen LogP contribution is -2.61. The van der Waals surface area contributed by atoms with Crippen LogP contribution >= 0.6 is 0 Å². The van der Waals surface area contributed by atoms with Crippen LogP contribution in [0.15, 0.2) is 0 Å². The fourth-order valence-corrected chi connectivity index (χ4v) is 4.45. The molecule has 10 heteroatoms. The van der Waals surface area contributed by atoms with Gasteiger partial charge in [-0.1, -0.05) is 64.7 Å². The van der Waals surface area contributed by atoms with Crippen molar-refractivity contribution in [2.75, 3.05) is 19.8 Å². The van der Waals surface area contributed by atoms with Crippen molar-refractivity contribution in [2.24, 2.45) is 0 Å². The summed E-state index contributed by atoms with van der Waals surface area (Å²) in [4.78, 5) is 0. The molecule has 2 aliphatic rings. The topological polar surface area (TPSA) is 158 Å². The summed E-state index contributed by atoms with van der Waals surface area (Å²) in [5, 5.41) is 59.5. The van der Waals surface area contributed by atoms with Crippen molar-refractivity contribution in [3.63, 3.8) is 0 Å². The van der Waals surface area contributed by atoms with Crippen molar-refractivity contribution < 1.29 is 49.6 Å². The minimum atomic E-state index is -1.57. The Morgan fingerprint density at radius 1 is 0.676 bits per heavy atom. The van der Waals surface area contributed by atoms with Gasteiger partial charge in [-0.2, -0.15) is 0 Å². The third kappa shape index (κ3) is 9.24. The lowest BCUT2D eigenvalue weighted by molar-refractivity contribution is -0.342. The molecule has 34 heavy (non-hydrogen) atoms. The molecule has 202 valence electrons. The van der Waals surface area contributed by atoms with Crippen molar-refractivity contribution in [1.82, 2.24) is 0 Å². The summed E-state index contributed by atoms with van der Waals surface area (Å²) in [6, 6.07) is 0. The van der Waals surface area contributed by atoms with Gasteiger partial charge in [0, 0.05) is 13.0 Å². The molecule has 2 saturated heterocycles. The first kappa shape index (κ1) is 29.8. The number of hydrogen-bond donors (Lipinski definition) is 6. The average molecular weight is 495 g/mol. The van der Waals surface area contributed by atoms with Crippen LogP contribution in [0.3, 0.4) is 0 Å². The van der Waals surface area contributed by atoms with E-state index in [1.807, 2.05) is 0 Å². The maximum atomic E-state index is 10.5. The van der Waals surface area contributed by atoms with E-state index in [1.54, 1.807) is 0 Å². The van der Waals surface area contributed by atoms with Gasteiger partial charge >= 0.3 is 0 Å². The highest BCUT2D eigenvalue weighted by Gasteiger charge is 2.47. The molecule has 0 aliphatic carbocycles. The van der Waals surface area contributed by atoms with Crippen LogP contribution in [0, 0.1) is 0 Å². The van der Waals surface area contributed by atoms with E-state index < -0.39 is 68.5 Å². The molecule has 6 N–H and O–H groups in total. The maximum Gasteiger partial charge on any atom is 0.187 e. The van der Waals surface area contributed by atoms with Crippen molar-refractivity contribution in [2.45, 2.75) is 133 Å². The zero-order chi connectivity index (χ0) is 24.9. The largest absolute Gasteiger partial charge is 0.394 e. The molecule has 0 spiro atoms. The van der Waals surface area contributed by atoms with Crippen LogP contribution in [-0.2, 0) is 18.9 Å². The second-order valence-corrected chi connectivity index (χ2v) is 9.45. The molecule has 2 rings (SSSR count). The third-order valence-corrected chi connectivity index (χ3v) is 6.63. The van der Waals surface area contributed by atoms with E-state index in [9.17, 15) is 30.6 Å². The molecule has 0 saturated carbocycles. The summed E-state index contributed by atoms with van der Waals surface area (Å²) in [5.41, 5.74) is 0. The molecule has 0 aromatic carbocycles. The summed E-state index contributed by atoms with van der Waals surface area (Å²) in [6.07, 6.45) is 1.43. The smallest absolute Gasteiger partial charge is 0.187 e. The molecule has 9 atom stereocenters. The summed E-state index contributed by atoms with van der Waals surface area (Å²) >= 11 is 0. The molecule has 0 aromatic rings. The van der Waals surface area contributed by atoms with E-state index in [0.29, 0.717) is 6.61 Å². The van der Waals surface area contributed by atoms with Gasteiger partial charge in [-0.25, -0.2) is 0 Å². The fraction of sp³-hybridized carbons (Fsp3) is 1.00. The Morgan fingerprint density at radius 3 is 1.82 bits per heavy atom. The van der Waals surface area contributed by atoms with E-state index in [-0.39, 0.29) is 6.42 Å². The molecule has 0 radical (unpaired) electrons. The first-order chi connectivity index (χ1) is 16.4. The van der Waals surface area contributed by atoms with Gasteiger partial charge in [0.1, 0.15) is 36.6 Å². The first-order valence-corrected chi connectivity index (χ1v) is 12.9. The predicted molar refractivity (Wildman–Crippen MR) is 123 cm³/mol. The first-order valence-electron chi connectivity index (χ1n) is 12.9. The maximum absolute atomic E-state index is 10.5. The van der Waals surface area contributed by atoms with E-state index in [2.05, 4.69) is 6.92 Å². The highest BCUT2D eigenvalue weighted by molar-refractivity contribution is 4.91. The Morgan fingerprint density at radius 2 is 1.24 bits per heavy atom. The lowest BCUT2D eigenvalue weighted by atomic mass is 9.98. The Bertz CT molecular complexity index is 522. The van der Waals surface area contributed by atoms with Gasteiger partial charge in [-0.3, -0.25) is 0 Å². The summed E-state index contributed by atoms with van der Waals surface area (Å²) < 4.78 is 22.4. The lowest BCUT2D eigenvalue weighted by Gasteiger charge is -2.44. The Kier molecular flexibility index (Phi) is 14.4. The number of unbranched alkanes of at least 4 members (excludes halogenated alkanes) is 9.